The van der Waals surface area contributed by atoms with Crippen LogP contribution in [0, 0.1) is 12.3 Å². The average molecular weight is 337 g/mol. The van der Waals surface area contributed by atoms with Crippen molar-refractivity contribution in [2.24, 2.45) is 11.1 Å². The molecule has 0 radical (unpaired) electrons. The fraction of sp³-hybridized carbons (Fsp3) is 0.500. The first-order chi connectivity index (χ1) is 11.0. The minimum absolute atomic E-state index is 0.0864. The Kier molecular flexibility index (Phi) is 6.27. The molecular formula is C16H23N3O5. The summed E-state index contributed by atoms with van der Waals surface area (Å²) >= 11 is 0. The molecular weight excluding hydrogens is 314 g/mol. The highest BCUT2D eigenvalue weighted by Gasteiger charge is 2.32. The lowest BCUT2D eigenvalue weighted by Gasteiger charge is -2.26. The molecule has 0 aromatic carbocycles. The van der Waals surface area contributed by atoms with E-state index < -0.39 is 29.2 Å². The molecule has 0 saturated heterocycles. The van der Waals surface area contributed by atoms with Crippen molar-refractivity contribution in [2.75, 3.05) is 0 Å². The molecule has 0 spiro atoms. The predicted octanol–water partition coefficient (Wildman–Crippen LogP) is 0.0178. The summed E-state index contributed by atoms with van der Waals surface area (Å²) < 4.78 is 1.41. The smallest absolute Gasteiger partial charge is 0.326 e. The molecule has 1 atom stereocenters. The molecule has 1 heterocycles. The predicted molar refractivity (Wildman–Crippen MR) is 87.2 cm³/mol. The number of aliphatic carboxylic acids is 1. The van der Waals surface area contributed by atoms with Gasteiger partial charge >= 0.3 is 5.97 Å². The van der Waals surface area contributed by atoms with Crippen molar-refractivity contribution in [3.05, 3.63) is 34.2 Å². The summed E-state index contributed by atoms with van der Waals surface area (Å²) in [7, 11) is 0. The number of rotatable bonds is 8. The minimum atomic E-state index is -1.24. The maximum atomic E-state index is 12.4. The van der Waals surface area contributed by atoms with Crippen LogP contribution >= 0.6 is 0 Å². The van der Waals surface area contributed by atoms with E-state index in [9.17, 15) is 19.2 Å². The number of carbonyl (C=O) groups excluding carboxylic acids is 2. The molecule has 1 rings (SSSR count). The van der Waals surface area contributed by atoms with E-state index >= 15 is 0 Å². The number of aryl methyl sites for hydroxylation is 1. The van der Waals surface area contributed by atoms with Crippen LogP contribution in [0.15, 0.2) is 23.1 Å². The number of hydrogen-bond donors (Lipinski definition) is 3. The van der Waals surface area contributed by atoms with Crippen molar-refractivity contribution >= 4 is 17.8 Å². The van der Waals surface area contributed by atoms with Gasteiger partial charge in [-0.25, -0.2) is 4.79 Å². The van der Waals surface area contributed by atoms with Gasteiger partial charge in [0.2, 0.25) is 11.8 Å². The van der Waals surface area contributed by atoms with Crippen LogP contribution in [0.2, 0.25) is 0 Å². The fourth-order valence-electron chi connectivity index (χ4n) is 2.18. The minimum Gasteiger partial charge on any atom is -0.480 e. The summed E-state index contributed by atoms with van der Waals surface area (Å²) in [4.78, 5) is 46.5. The molecule has 0 aliphatic rings. The zero-order chi connectivity index (χ0) is 18.5. The van der Waals surface area contributed by atoms with Crippen LogP contribution in [0.3, 0.4) is 0 Å². The summed E-state index contributed by atoms with van der Waals surface area (Å²) in [5, 5.41) is 11.6. The molecule has 8 nitrogen and oxygen atoms in total. The van der Waals surface area contributed by atoms with Crippen molar-refractivity contribution in [1.29, 1.82) is 0 Å². The Morgan fingerprint density at radius 1 is 1.38 bits per heavy atom. The normalized spacial score (nSPS) is 12.5. The SMILES string of the molecule is Cc1cccn(CC(C)(C)C(=O)NC(CCC(N)=O)C(=O)O)c1=O. The maximum Gasteiger partial charge on any atom is 0.326 e. The standard InChI is InChI=1S/C16H23N3O5/c1-10-5-4-8-19(13(10)21)9-16(2,3)15(24)18-11(14(22)23)6-7-12(17)20/h4-5,8,11H,6-7,9H2,1-3H3,(H2,17,20)(H,18,24)(H,22,23). The lowest BCUT2D eigenvalue weighted by atomic mass is 9.91. The third-order valence-corrected chi connectivity index (χ3v) is 3.67. The molecule has 2 amide bonds. The first kappa shape index (κ1) is 19.4. The molecule has 0 aliphatic heterocycles. The van der Waals surface area contributed by atoms with Gasteiger partial charge in [-0.05, 0) is 33.3 Å². The first-order valence-electron chi connectivity index (χ1n) is 7.52. The van der Waals surface area contributed by atoms with Crippen LogP contribution in [0.4, 0.5) is 0 Å². The molecule has 8 heteroatoms. The molecule has 0 bridgehead atoms. The van der Waals surface area contributed by atoms with E-state index in [1.807, 2.05) is 0 Å². The lowest BCUT2D eigenvalue weighted by molar-refractivity contribution is -0.144. The van der Waals surface area contributed by atoms with Crippen molar-refractivity contribution in [3.8, 4) is 0 Å². The summed E-state index contributed by atoms with van der Waals surface area (Å²) in [6, 6.07) is 2.17. The van der Waals surface area contributed by atoms with Gasteiger partial charge in [0.15, 0.2) is 0 Å². The van der Waals surface area contributed by atoms with Crippen molar-refractivity contribution in [2.45, 2.75) is 46.2 Å². The van der Waals surface area contributed by atoms with Gasteiger partial charge in [0, 0.05) is 24.7 Å². The van der Waals surface area contributed by atoms with Gasteiger partial charge in [-0.2, -0.15) is 0 Å². The van der Waals surface area contributed by atoms with Gasteiger partial charge in [-0.1, -0.05) is 6.07 Å². The van der Waals surface area contributed by atoms with Gasteiger partial charge in [0.25, 0.3) is 5.56 Å². The Balaban J connectivity index is 2.86. The molecule has 1 aromatic rings. The Labute approximate surface area is 139 Å². The second-order valence-electron chi connectivity index (χ2n) is 6.38. The lowest BCUT2D eigenvalue weighted by Crippen LogP contribution is -2.48. The van der Waals surface area contributed by atoms with E-state index in [-0.39, 0.29) is 24.9 Å². The zero-order valence-corrected chi connectivity index (χ0v) is 14.0. The highest BCUT2D eigenvalue weighted by molar-refractivity contribution is 5.87. The van der Waals surface area contributed by atoms with E-state index in [1.54, 1.807) is 39.1 Å². The number of aromatic nitrogens is 1. The number of amides is 2. The van der Waals surface area contributed by atoms with Gasteiger partial charge in [-0.3, -0.25) is 14.4 Å². The van der Waals surface area contributed by atoms with E-state index in [0.29, 0.717) is 5.56 Å². The summed E-state index contributed by atoms with van der Waals surface area (Å²) in [6.45, 7) is 5.01. The van der Waals surface area contributed by atoms with E-state index in [2.05, 4.69) is 5.32 Å². The number of primary amides is 1. The van der Waals surface area contributed by atoms with Gasteiger partial charge in [-0.15, -0.1) is 0 Å². The van der Waals surface area contributed by atoms with Crippen molar-refractivity contribution in [1.82, 2.24) is 9.88 Å². The largest absolute Gasteiger partial charge is 0.480 e. The number of carboxylic acid groups (broad SMARTS) is 1. The molecule has 4 N–H and O–H groups in total. The van der Waals surface area contributed by atoms with Crippen molar-refractivity contribution < 1.29 is 19.5 Å². The topological polar surface area (TPSA) is 131 Å². The number of carbonyl (C=O) groups is 3. The number of nitrogens with one attached hydrogen (secondary N) is 1. The van der Waals surface area contributed by atoms with Crippen LogP contribution < -0.4 is 16.6 Å². The van der Waals surface area contributed by atoms with E-state index in [1.165, 1.54) is 4.57 Å². The van der Waals surface area contributed by atoms with Crippen LogP contribution in [0.25, 0.3) is 0 Å². The molecule has 132 valence electrons. The number of carboxylic acids is 1. The Morgan fingerprint density at radius 3 is 2.54 bits per heavy atom. The molecule has 24 heavy (non-hydrogen) atoms. The number of pyridine rings is 1. The third kappa shape index (κ3) is 5.22. The van der Waals surface area contributed by atoms with Gasteiger partial charge in [0.05, 0.1) is 5.41 Å². The van der Waals surface area contributed by atoms with Crippen LogP contribution in [-0.4, -0.2) is 33.5 Å². The van der Waals surface area contributed by atoms with Crippen LogP contribution in [0.1, 0.15) is 32.3 Å². The Bertz CT molecular complexity index is 693. The highest BCUT2D eigenvalue weighted by Crippen LogP contribution is 2.18. The number of nitrogens with two attached hydrogens (primary N) is 1. The third-order valence-electron chi connectivity index (χ3n) is 3.67. The molecule has 1 unspecified atom stereocenters. The highest BCUT2D eigenvalue weighted by atomic mass is 16.4. The van der Waals surface area contributed by atoms with E-state index in [0.717, 1.165) is 0 Å². The first-order valence-corrected chi connectivity index (χ1v) is 7.52. The summed E-state index contributed by atoms with van der Waals surface area (Å²) in [6.07, 6.45) is 1.35. The quantitative estimate of drug-likeness (QED) is 0.615. The van der Waals surface area contributed by atoms with Crippen LogP contribution in [-0.2, 0) is 20.9 Å². The van der Waals surface area contributed by atoms with Crippen molar-refractivity contribution in [3.63, 3.8) is 0 Å². The molecule has 0 fully saturated rings. The Hall–Kier alpha value is -2.64. The second kappa shape index (κ2) is 7.76. The summed E-state index contributed by atoms with van der Waals surface area (Å²) in [5.74, 6) is -2.40. The van der Waals surface area contributed by atoms with E-state index in [4.69, 9.17) is 10.8 Å². The fourth-order valence-corrected chi connectivity index (χ4v) is 2.18. The molecule has 0 aliphatic carbocycles. The molecule has 0 saturated carbocycles. The van der Waals surface area contributed by atoms with Gasteiger partial charge < -0.3 is 20.7 Å². The molecule has 1 aromatic heterocycles. The second-order valence-corrected chi connectivity index (χ2v) is 6.38. The van der Waals surface area contributed by atoms with Crippen LogP contribution in [0.5, 0.6) is 0 Å². The number of hydrogen-bond acceptors (Lipinski definition) is 4. The average Bonchev–Trinajstić information content (AvgIpc) is 2.47. The zero-order valence-electron chi connectivity index (χ0n) is 14.0. The van der Waals surface area contributed by atoms with Gasteiger partial charge in [0.1, 0.15) is 6.04 Å². The Morgan fingerprint density at radius 2 is 2.00 bits per heavy atom. The maximum absolute atomic E-state index is 12.4. The number of nitrogens with zero attached hydrogens (tertiary/aromatic N) is 1. The summed E-state index contributed by atoms with van der Waals surface area (Å²) in [5.41, 5.74) is 4.34. The monoisotopic (exact) mass is 337 g/mol.